The molecule has 0 bridgehead atoms. The highest BCUT2D eigenvalue weighted by atomic mass is 79.9. The predicted octanol–water partition coefficient (Wildman–Crippen LogP) is 2.34. The van der Waals surface area contributed by atoms with Crippen LogP contribution in [0.4, 0.5) is 0 Å². The van der Waals surface area contributed by atoms with Crippen LogP contribution in [0.25, 0.3) is 0 Å². The van der Waals surface area contributed by atoms with Gasteiger partial charge in [0, 0.05) is 24.5 Å². The zero-order valence-electron chi connectivity index (χ0n) is 13.2. The standard InChI is InChI=1S/C16H21BrN2O4/c1-3-19(9-8-16(22)23)15(21)10-14(18-11(2)20)12-4-6-13(17)7-5-12/h4-7,14H,3,8-10H2,1-2H3,(H,18,20)(H,22,23). The predicted molar refractivity (Wildman–Crippen MR) is 89.8 cm³/mol. The van der Waals surface area contributed by atoms with Crippen molar-refractivity contribution in [3.8, 4) is 0 Å². The Kier molecular flexibility index (Phi) is 7.74. The van der Waals surface area contributed by atoms with Gasteiger partial charge in [-0.25, -0.2) is 0 Å². The fourth-order valence-corrected chi connectivity index (χ4v) is 2.45. The Morgan fingerprint density at radius 1 is 1.26 bits per heavy atom. The molecule has 0 aliphatic carbocycles. The number of benzene rings is 1. The van der Waals surface area contributed by atoms with E-state index in [0.717, 1.165) is 10.0 Å². The summed E-state index contributed by atoms with van der Waals surface area (Å²) in [5, 5.41) is 11.5. The Morgan fingerprint density at radius 3 is 2.35 bits per heavy atom. The summed E-state index contributed by atoms with van der Waals surface area (Å²) < 4.78 is 0.908. The molecule has 6 nitrogen and oxygen atoms in total. The van der Waals surface area contributed by atoms with E-state index in [1.165, 1.54) is 11.8 Å². The molecule has 2 N–H and O–H groups in total. The molecule has 0 aliphatic rings. The number of carboxylic acid groups (broad SMARTS) is 1. The molecule has 1 unspecified atom stereocenters. The maximum atomic E-state index is 12.4. The number of aliphatic carboxylic acids is 1. The lowest BCUT2D eigenvalue weighted by molar-refractivity contribution is -0.138. The van der Waals surface area contributed by atoms with Crippen molar-refractivity contribution >= 4 is 33.7 Å². The smallest absolute Gasteiger partial charge is 0.305 e. The van der Waals surface area contributed by atoms with Gasteiger partial charge in [0.2, 0.25) is 11.8 Å². The fraction of sp³-hybridized carbons (Fsp3) is 0.438. The number of nitrogens with zero attached hydrogens (tertiary/aromatic N) is 1. The van der Waals surface area contributed by atoms with Crippen molar-refractivity contribution in [2.45, 2.75) is 32.7 Å². The zero-order valence-corrected chi connectivity index (χ0v) is 14.8. The Bertz CT molecular complexity index is 560. The SMILES string of the molecule is CCN(CCC(=O)O)C(=O)CC(NC(C)=O)c1ccc(Br)cc1. The van der Waals surface area contributed by atoms with E-state index in [2.05, 4.69) is 21.2 Å². The molecule has 0 radical (unpaired) electrons. The van der Waals surface area contributed by atoms with E-state index in [1.807, 2.05) is 24.3 Å². The van der Waals surface area contributed by atoms with E-state index < -0.39 is 12.0 Å². The molecular weight excluding hydrogens is 364 g/mol. The van der Waals surface area contributed by atoms with Crippen molar-refractivity contribution in [2.24, 2.45) is 0 Å². The van der Waals surface area contributed by atoms with E-state index in [4.69, 9.17) is 5.11 Å². The third kappa shape index (κ3) is 6.81. The van der Waals surface area contributed by atoms with Crippen LogP contribution in [-0.2, 0) is 14.4 Å². The van der Waals surface area contributed by atoms with Crippen molar-refractivity contribution in [3.05, 3.63) is 34.3 Å². The molecular formula is C16H21BrN2O4. The van der Waals surface area contributed by atoms with Gasteiger partial charge in [-0.2, -0.15) is 0 Å². The molecule has 0 spiro atoms. The van der Waals surface area contributed by atoms with Crippen molar-refractivity contribution in [1.29, 1.82) is 0 Å². The average Bonchev–Trinajstić information content (AvgIpc) is 2.47. The molecule has 0 fully saturated rings. The number of hydrogen-bond acceptors (Lipinski definition) is 3. The van der Waals surface area contributed by atoms with Crippen LogP contribution in [0.15, 0.2) is 28.7 Å². The maximum absolute atomic E-state index is 12.4. The lowest BCUT2D eigenvalue weighted by Crippen LogP contribution is -2.37. The summed E-state index contributed by atoms with van der Waals surface area (Å²) in [6.45, 7) is 3.79. The summed E-state index contributed by atoms with van der Waals surface area (Å²) in [4.78, 5) is 36.0. The van der Waals surface area contributed by atoms with E-state index in [0.29, 0.717) is 6.54 Å². The minimum atomic E-state index is -0.942. The van der Waals surface area contributed by atoms with Gasteiger partial charge in [-0.3, -0.25) is 14.4 Å². The van der Waals surface area contributed by atoms with Gasteiger partial charge < -0.3 is 15.3 Å². The van der Waals surface area contributed by atoms with Crippen molar-refractivity contribution < 1.29 is 19.5 Å². The van der Waals surface area contributed by atoms with Crippen LogP contribution in [-0.4, -0.2) is 40.9 Å². The second-order valence-electron chi connectivity index (χ2n) is 5.13. The number of rotatable bonds is 8. The highest BCUT2D eigenvalue weighted by molar-refractivity contribution is 9.10. The number of carboxylic acids is 1. The number of halogens is 1. The Balaban J connectivity index is 2.82. The summed E-state index contributed by atoms with van der Waals surface area (Å²) >= 11 is 3.35. The van der Waals surface area contributed by atoms with E-state index in [1.54, 1.807) is 6.92 Å². The minimum absolute atomic E-state index is 0.0919. The molecule has 0 aliphatic heterocycles. The van der Waals surface area contributed by atoms with Crippen LogP contribution in [0.1, 0.15) is 38.3 Å². The van der Waals surface area contributed by atoms with Crippen molar-refractivity contribution in [3.63, 3.8) is 0 Å². The Morgan fingerprint density at radius 2 is 1.87 bits per heavy atom. The Hall–Kier alpha value is -1.89. The average molecular weight is 385 g/mol. The molecule has 1 aromatic rings. The van der Waals surface area contributed by atoms with Gasteiger partial charge in [0.25, 0.3) is 0 Å². The first-order chi connectivity index (χ1) is 10.8. The third-order valence-corrected chi connectivity index (χ3v) is 3.89. The topological polar surface area (TPSA) is 86.7 Å². The first kappa shape index (κ1) is 19.2. The largest absolute Gasteiger partial charge is 0.481 e. The number of carbonyl (C=O) groups is 3. The highest BCUT2D eigenvalue weighted by Gasteiger charge is 2.21. The minimum Gasteiger partial charge on any atom is -0.481 e. The van der Waals surface area contributed by atoms with Gasteiger partial charge in [0.15, 0.2) is 0 Å². The van der Waals surface area contributed by atoms with Crippen LogP contribution in [0, 0.1) is 0 Å². The van der Waals surface area contributed by atoms with Crippen LogP contribution in [0.5, 0.6) is 0 Å². The van der Waals surface area contributed by atoms with Crippen LogP contribution in [0.2, 0.25) is 0 Å². The van der Waals surface area contributed by atoms with Gasteiger partial charge >= 0.3 is 5.97 Å². The molecule has 1 aromatic carbocycles. The van der Waals surface area contributed by atoms with Crippen molar-refractivity contribution in [1.82, 2.24) is 10.2 Å². The molecule has 0 saturated carbocycles. The van der Waals surface area contributed by atoms with E-state index in [-0.39, 0.29) is 31.2 Å². The summed E-state index contributed by atoms with van der Waals surface area (Å²) in [5.74, 6) is -1.35. The quantitative estimate of drug-likeness (QED) is 0.719. The Labute approximate surface area is 144 Å². The summed E-state index contributed by atoms with van der Waals surface area (Å²) in [5.41, 5.74) is 0.825. The second-order valence-corrected chi connectivity index (χ2v) is 6.04. The summed E-state index contributed by atoms with van der Waals surface area (Å²) in [7, 11) is 0. The molecule has 7 heteroatoms. The monoisotopic (exact) mass is 384 g/mol. The van der Waals surface area contributed by atoms with E-state index in [9.17, 15) is 14.4 Å². The summed E-state index contributed by atoms with van der Waals surface area (Å²) in [6.07, 6.45) is -0.00264. The maximum Gasteiger partial charge on any atom is 0.305 e. The molecule has 2 amide bonds. The lowest BCUT2D eigenvalue weighted by atomic mass is 10.0. The van der Waals surface area contributed by atoms with Gasteiger partial charge in [-0.15, -0.1) is 0 Å². The summed E-state index contributed by atoms with van der Waals surface area (Å²) in [6, 6.07) is 6.93. The van der Waals surface area contributed by atoms with Gasteiger partial charge in [-0.1, -0.05) is 28.1 Å². The number of carbonyl (C=O) groups excluding carboxylic acids is 2. The van der Waals surface area contributed by atoms with Crippen LogP contribution in [0.3, 0.4) is 0 Å². The lowest BCUT2D eigenvalue weighted by Gasteiger charge is -2.24. The van der Waals surface area contributed by atoms with Gasteiger partial charge in [0.1, 0.15) is 0 Å². The number of nitrogens with one attached hydrogen (secondary N) is 1. The highest BCUT2D eigenvalue weighted by Crippen LogP contribution is 2.20. The number of amides is 2. The molecule has 1 atom stereocenters. The zero-order chi connectivity index (χ0) is 17.4. The molecule has 126 valence electrons. The van der Waals surface area contributed by atoms with Crippen LogP contribution < -0.4 is 5.32 Å². The fourth-order valence-electron chi connectivity index (χ4n) is 2.19. The normalized spacial score (nSPS) is 11.6. The second kappa shape index (κ2) is 9.29. The first-order valence-corrected chi connectivity index (χ1v) is 8.15. The molecule has 1 rings (SSSR count). The van der Waals surface area contributed by atoms with E-state index >= 15 is 0 Å². The number of hydrogen-bond donors (Lipinski definition) is 2. The first-order valence-electron chi connectivity index (χ1n) is 7.35. The molecule has 23 heavy (non-hydrogen) atoms. The van der Waals surface area contributed by atoms with Gasteiger partial charge in [-0.05, 0) is 24.6 Å². The van der Waals surface area contributed by atoms with Crippen molar-refractivity contribution in [2.75, 3.05) is 13.1 Å². The van der Waals surface area contributed by atoms with Gasteiger partial charge in [0.05, 0.1) is 18.9 Å². The third-order valence-electron chi connectivity index (χ3n) is 3.36. The van der Waals surface area contributed by atoms with Crippen LogP contribution >= 0.6 is 15.9 Å². The molecule has 0 heterocycles. The molecule has 0 saturated heterocycles. The molecule has 0 aromatic heterocycles.